The van der Waals surface area contributed by atoms with Crippen molar-refractivity contribution in [2.45, 2.75) is 39.0 Å². The molecule has 0 aromatic heterocycles. The first-order chi connectivity index (χ1) is 8.42. The van der Waals surface area contributed by atoms with Gasteiger partial charge in [-0.2, -0.15) is 0 Å². The summed E-state index contributed by atoms with van der Waals surface area (Å²) in [5, 5.41) is 0. The van der Waals surface area contributed by atoms with Gasteiger partial charge in [0.25, 0.3) is 0 Å². The van der Waals surface area contributed by atoms with Gasteiger partial charge in [0.1, 0.15) is 0 Å². The number of hydrogen-bond acceptors (Lipinski definition) is 0. The molecule has 0 saturated carbocycles. The maximum absolute atomic E-state index is 2.34. The maximum atomic E-state index is 2.34. The van der Waals surface area contributed by atoms with E-state index >= 15 is 0 Å². The molecule has 2 aliphatic rings. The van der Waals surface area contributed by atoms with Gasteiger partial charge in [0.2, 0.25) is 0 Å². The highest BCUT2D eigenvalue weighted by atomic mass is 14.2. The van der Waals surface area contributed by atoms with Crippen molar-refractivity contribution in [3.8, 4) is 0 Å². The third-order valence-corrected chi connectivity index (χ3v) is 3.46. The van der Waals surface area contributed by atoms with Crippen LogP contribution in [-0.4, -0.2) is 0 Å². The molecule has 0 amide bonds. The van der Waals surface area contributed by atoms with Crippen molar-refractivity contribution in [3.63, 3.8) is 0 Å². The van der Waals surface area contributed by atoms with E-state index in [1.807, 2.05) is 0 Å². The van der Waals surface area contributed by atoms with Crippen molar-refractivity contribution in [3.05, 3.63) is 59.8 Å². The summed E-state index contributed by atoms with van der Waals surface area (Å²) in [6.45, 7) is 2.25. The molecule has 0 aliphatic heterocycles. The van der Waals surface area contributed by atoms with Gasteiger partial charge in [-0.15, -0.1) is 0 Å². The van der Waals surface area contributed by atoms with Crippen LogP contribution in [0, 0.1) is 5.92 Å². The molecular formula is C17H22. The molecule has 2 rings (SSSR count). The summed E-state index contributed by atoms with van der Waals surface area (Å²) in [6, 6.07) is 0. The van der Waals surface area contributed by atoms with Crippen molar-refractivity contribution in [1.82, 2.24) is 0 Å². The van der Waals surface area contributed by atoms with Crippen LogP contribution in [0.2, 0.25) is 0 Å². The van der Waals surface area contributed by atoms with Crippen molar-refractivity contribution in [1.29, 1.82) is 0 Å². The van der Waals surface area contributed by atoms with Crippen LogP contribution in [0.5, 0.6) is 0 Å². The van der Waals surface area contributed by atoms with E-state index in [4.69, 9.17) is 0 Å². The standard InChI is InChI=1S/C17H22/c1-2-3-4-5-6-10-15-12-9-13-16-11-7-8-14-17(15)16/h6-13,17H,2-5,14H2,1H3/b10-6+. The minimum Gasteiger partial charge on any atom is -0.0842 e. The summed E-state index contributed by atoms with van der Waals surface area (Å²) in [5.74, 6) is 0.604. The Morgan fingerprint density at radius 2 is 2.18 bits per heavy atom. The van der Waals surface area contributed by atoms with Crippen LogP contribution in [0.4, 0.5) is 0 Å². The second-order valence-corrected chi connectivity index (χ2v) is 4.81. The van der Waals surface area contributed by atoms with E-state index in [0.29, 0.717) is 5.92 Å². The summed E-state index contributed by atoms with van der Waals surface area (Å²) in [5.41, 5.74) is 2.93. The first-order valence-electron chi connectivity index (χ1n) is 6.83. The highest BCUT2D eigenvalue weighted by Crippen LogP contribution is 2.32. The zero-order chi connectivity index (χ0) is 11.9. The van der Waals surface area contributed by atoms with Crippen LogP contribution in [0.1, 0.15) is 39.0 Å². The van der Waals surface area contributed by atoms with Gasteiger partial charge in [-0.1, -0.05) is 68.4 Å². The molecule has 17 heavy (non-hydrogen) atoms. The Morgan fingerprint density at radius 3 is 3.06 bits per heavy atom. The Kier molecular flexibility index (Phi) is 4.61. The molecule has 0 heterocycles. The van der Waals surface area contributed by atoms with Crippen molar-refractivity contribution < 1.29 is 0 Å². The number of rotatable bonds is 5. The molecule has 0 fully saturated rings. The van der Waals surface area contributed by atoms with Gasteiger partial charge in [-0.05, 0) is 30.4 Å². The van der Waals surface area contributed by atoms with Gasteiger partial charge in [0.15, 0.2) is 0 Å². The van der Waals surface area contributed by atoms with Crippen molar-refractivity contribution in [2.75, 3.05) is 0 Å². The molecule has 1 atom stereocenters. The molecule has 1 unspecified atom stereocenters. The third kappa shape index (κ3) is 3.33. The highest BCUT2D eigenvalue weighted by Gasteiger charge is 2.17. The van der Waals surface area contributed by atoms with Gasteiger partial charge in [0.05, 0.1) is 0 Å². The lowest BCUT2D eigenvalue weighted by atomic mass is 9.82. The summed E-state index contributed by atoms with van der Waals surface area (Å²) in [4.78, 5) is 0. The maximum Gasteiger partial charge on any atom is 0.0124 e. The molecule has 0 radical (unpaired) electrons. The van der Waals surface area contributed by atoms with Gasteiger partial charge >= 0.3 is 0 Å². The smallest absolute Gasteiger partial charge is 0.0124 e. The Labute approximate surface area is 105 Å². The van der Waals surface area contributed by atoms with E-state index in [0.717, 1.165) is 6.42 Å². The molecule has 90 valence electrons. The van der Waals surface area contributed by atoms with Crippen molar-refractivity contribution in [2.24, 2.45) is 5.92 Å². The lowest BCUT2D eigenvalue weighted by Crippen LogP contribution is -2.09. The summed E-state index contributed by atoms with van der Waals surface area (Å²) in [7, 11) is 0. The van der Waals surface area contributed by atoms with E-state index in [1.54, 1.807) is 0 Å². The van der Waals surface area contributed by atoms with E-state index in [1.165, 1.54) is 36.8 Å². The van der Waals surface area contributed by atoms with Crippen LogP contribution < -0.4 is 0 Å². The molecule has 0 aromatic rings. The summed E-state index contributed by atoms with van der Waals surface area (Å²) >= 11 is 0. The van der Waals surface area contributed by atoms with E-state index in [2.05, 4.69) is 55.5 Å². The van der Waals surface area contributed by atoms with E-state index in [-0.39, 0.29) is 0 Å². The Morgan fingerprint density at radius 1 is 1.24 bits per heavy atom. The van der Waals surface area contributed by atoms with Gasteiger partial charge in [0, 0.05) is 5.92 Å². The number of allylic oxidation sites excluding steroid dienone is 10. The number of hydrogen-bond donors (Lipinski definition) is 0. The molecule has 0 spiro atoms. The molecule has 0 N–H and O–H groups in total. The second-order valence-electron chi connectivity index (χ2n) is 4.81. The van der Waals surface area contributed by atoms with Gasteiger partial charge < -0.3 is 0 Å². The highest BCUT2D eigenvalue weighted by molar-refractivity contribution is 5.45. The van der Waals surface area contributed by atoms with Crippen LogP contribution in [0.3, 0.4) is 0 Å². The molecule has 0 aromatic carbocycles. The number of fused-ring (bicyclic) bond motifs is 1. The van der Waals surface area contributed by atoms with Crippen LogP contribution >= 0.6 is 0 Å². The molecular weight excluding hydrogens is 204 g/mol. The second kappa shape index (κ2) is 6.44. The third-order valence-electron chi connectivity index (χ3n) is 3.46. The van der Waals surface area contributed by atoms with E-state index in [9.17, 15) is 0 Å². The topological polar surface area (TPSA) is 0 Å². The number of unbranched alkanes of at least 4 members (excludes halogenated alkanes) is 3. The molecule has 0 nitrogen and oxygen atoms in total. The fraction of sp³-hybridized carbons (Fsp3) is 0.412. The average molecular weight is 226 g/mol. The zero-order valence-electron chi connectivity index (χ0n) is 10.7. The van der Waals surface area contributed by atoms with Gasteiger partial charge in [-0.3, -0.25) is 0 Å². The first-order valence-corrected chi connectivity index (χ1v) is 6.83. The molecule has 2 aliphatic carbocycles. The minimum absolute atomic E-state index is 0.604. The molecule has 0 heteroatoms. The summed E-state index contributed by atoms with van der Waals surface area (Å²) in [6.07, 6.45) is 24.4. The first kappa shape index (κ1) is 12.2. The zero-order valence-corrected chi connectivity index (χ0v) is 10.7. The van der Waals surface area contributed by atoms with Crippen LogP contribution in [0.25, 0.3) is 0 Å². The molecule has 0 saturated heterocycles. The lowest BCUT2D eigenvalue weighted by Gasteiger charge is -2.23. The largest absolute Gasteiger partial charge is 0.0842 e. The fourth-order valence-electron chi connectivity index (χ4n) is 2.44. The quantitative estimate of drug-likeness (QED) is 0.571. The molecule has 0 bridgehead atoms. The van der Waals surface area contributed by atoms with Crippen LogP contribution in [0.15, 0.2) is 59.8 Å². The minimum atomic E-state index is 0.604. The Balaban J connectivity index is 1.92. The monoisotopic (exact) mass is 226 g/mol. The predicted molar refractivity (Wildman–Crippen MR) is 75.8 cm³/mol. The average Bonchev–Trinajstić information content (AvgIpc) is 2.39. The SMILES string of the molecule is CCCCC/C=C/C1=CC=CC2=CC=CCC21. The lowest BCUT2D eigenvalue weighted by molar-refractivity contribution is 0.724. The Bertz CT molecular complexity index is 388. The van der Waals surface area contributed by atoms with Crippen LogP contribution in [-0.2, 0) is 0 Å². The predicted octanol–water partition coefficient (Wildman–Crippen LogP) is 5.12. The van der Waals surface area contributed by atoms with E-state index < -0.39 is 0 Å². The summed E-state index contributed by atoms with van der Waals surface area (Å²) < 4.78 is 0. The van der Waals surface area contributed by atoms with Crippen molar-refractivity contribution >= 4 is 0 Å². The fourth-order valence-corrected chi connectivity index (χ4v) is 2.44. The Hall–Kier alpha value is -1.30. The normalized spacial score (nSPS) is 22.5. The van der Waals surface area contributed by atoms with Gasteiger partial charge in [-0.25, -0.2) is 0 Å².